The monoisotopic (exact) mass is 180 g/mol. The molecule has 0 saturated carbocycles. The zero-order valence-electron chi connectivity index (χ0n) is 6.96. The zero-order valence-corrected chi connectivity index (χ0v) is 8.11. The van der Waals surface area contributed by atoms with Crippen molar-refractivity contribution >= 4 is 14.5 Å². The van der Waals surface area contributed by atoms with Crippen LogP contribution in [0.3, 0.4) is 0 Å². The molecular formula is C9H13N2P. The lowest BCUT2D eigenvalue weighted by molar-refractivity contribution is 0.577. The van der Waals surface area contributed by atoms with Crippen LogP contribution in [0.15, 0.2) is 12.4 Å². The van der Waals surface area contributed by atoms with Gasteiger partial charge in [0.05, 0.1) is 0 Å². The summed E-state index contributed by atoms with van der Waals surface area (Å²) in [6, 6.07) is 0.346. The van der Waals surface area contributed by atoms with Crippen molar-refractivity contribution in [2.75, 3.05) is 0 Å². The first-order valence-corrected chi connectivity index (χ1v) is 4.82. The van der Waals surface area contributed by atoms with E-state index < -0.39 is 0 Å². The maximum absolute atomic E-state index is 5.89. The van der Waals surface area contributed by atoms with Crippen LogP contribution in [0.1, 0.15) is 17.5 Å². The van der Waals surface area contributed by atoms with Crippen LogP contribution in [0, 0.1) is 0 Å². The minimum absolute atomic E-state index is 0.346. The molecule has 0 aliphatic heterocycles. The van der Waals surface area contributed by atoms with Crippen molar-refractivity contribution in [3.05, 3.63) is 23.5 Å². The van der Waals surface area contributed by atoms with E-state index in [-0.39, 0.29) is 0 Å². The van der Waals surface area contributed by atoms with E-state index in [1.165, 1.54) is 16.4 Å². The van der Waals surface area contributed by atoms with Gasteiger partial charge in [-0.1, -0.05) is 0 Å². The Morgan fingerprint density at radius 2 is 2.33 bits per heavy atom. The Hall–Kier alpha value is -0.460. The van der Waals surface area contributed by atoms with E-state index in [2.05, 4.69) is 14.2 Å². The second kappa shape index (κ2) is 3.12. The zero-order chi connectivity index (χ0) is 8.55. The summed E-state index contributed by atoms with van der Waals surface area (Å²) in [4.78, 5) is 4.16. The number of aromatic nitrogens is 1. The maximum Gasteiger partial charge on any atom is 0.0342 e. The van der Waals surface area contributed by atoms with E-state index in [9.17, 15) is 0 Å². The van der Waals surface area contributed by atoms with Gasteiger partial charge in [0.1, 0.15) is 0 Å². The molecule has 0 bridgehead atoms. The molecule has 0 radical (unpaired) electrons. The van der Waals surface area contributed by atoms with Crippen molar-refractivity contribution in [2.45, 2.75) is 25.3 Å². The normalized spacial score (nSPS) is 22.0. The highest BCUT2D eigenvalue weighted by molar-refractivity contribution is 7.27. The Kier molecular flexibility index (Phi) is 2.12. The summed E-state index contributed by atoms with van der Waals surface area (Å²) in [5, 5.41) is 1.21. The van der Waals surface area contributed by atoms with Crippen LogP contribution in [0.5, 0.6) is 0 Å². The molecule has 64 valence electrons. The van der Waals surface area contributed by atoms with Gasteiger partial charge in [-0.15, -0.1) is 9.24 Å². The summed E-state index contributed by atoms with van der Waals surface area (Å²) in [6.07, 6.45) is 7.06. The van der Waals surface area contributed by atoms with Crippen LogP contribution < -0.4 is 11.0 Å². The molecule has 12 heavy (non-hydrogen) atoms. The molecule has 0 saturated heterocycles. The number of nitrogens with zero attached hydrogens (tertiary/aromatic N) is 1. The van der Waals surface area contributed by atoms with Crippen LogP contribution in [0.4, 0.5) is 0 Å². The van der Waals surface area contributed by atoms with Crippen molar-refractivity contribution < 1.29 is 0 Å². The van der Waals surface area contributed by atoms with Gasteiger partial charge < -0.3 is 5.73 Å². The Bertz CT molecular complexity index is 299. The van der Waals surface area contributed by atoms with Crippen LogP contribution in [0.25, 0.3) is 0 Å². The molecule has 2 unspecified atom stereocenters. The number of nitrogens with two attached hydrogens (primary N) is 1. The molecule has 1 aromatic rings. The van der Waals surface area contributed by atoms with Gasteiger partial charge >= 0.3 is 0 Å². The van der Waals surface area contributed by atoms with E-state index in [1.807, 2.05) is 12.4 Å². The average molecular weight is 180 g/mol. The molecule has 1 heterocycles. The van der Waals surface area contributed by atoms with E-state index in [0.717, 1.165) is 19.3 Å². The van der Waals surface area contributed by atoms with Gasteiger partial charge in [-0.05, 0) is 35.7 Å². The van der Waals surface area contributed by atoms with Gasteiger partial charge in [-0.25, -0.2) is 0 Å². The largest absolute Gasteiger partial charge is 0.327 e. The first kappa shape index (κ1) is 8.15. The summed E-state index contributed by atoms with van der Waals surface area (Å²) in [6.45, 7) is 0. The summed E-state index contributed by atoms with van der Waals surface area (Å²) in [5.41, 5.74) is 8.66. The second-order valence-electron chi connectivity index (χ2n) is 3.37. The molecular weight excluding hydrogens is 167 g/mol. The average Bonchev–Trinajstić information content (AvgIpc) is 2.07. The molecule has 0 fully saturated rings. The van der Waals surface area contributed by atoms with Crippen molar-refractivity contribution in [1.82, 2.24) is 4.98 Å². The molecule has 1 aliphatic rings. The first-order chi connectivity index (χ1) is 5.77. The SMILES string of the molecule is NC1CCc2cncc(P)c2C1. The Labute approximate surface area is 74.8 Å². The van der Waals surface area contributed by atoms with Crippen molar-refractivity contribution in [3.8, 4) is 0 Å². The molecule has 1 aliphatic carbocycles. The van der Waals surface area contributed by atoms with Crippen molar-refractivity contribution in [1.29, 1.82) is 0 Å². The van der Waals surface area contributed by atoms with E-state index in [1.54, 1.807) is 0 Å². The minimum atomic E-state index is 0.346. The van der Waals surface area contributed by atoms with Crippen LogP contribution >= 0.6 is 9.24 Å². The van der Waals surface area contributed by atoms with Crippen LogP contribution in [-0.2, 0) is 12.8 Å². The lowest BCUT2D eigenvalue weighted by Gasteiger charge is -2.22. The van der Waals surface area contributed by atoms with Gasteiger partial charge in [0.25, 0.3) is 0 Å². The smallest absolute Gasteiger partial charge is 0.0342 e. The molecule has 1 aromatic heterocycles. The third-order valence-electron chi connectivity index (χ3n) is 2.43. The van der Waals surface area contributed by atoms with Crippen LogP contribution in [0.2, 0.25) is 0 Å². The molecule has 0 amide bonds. The molecule has 0 aromatic carbocycles. The Morgan fingerprint density at radius 1 is 1.50 bits per heavy atom. The number of aryl methyl sites for hydroxylation is 1. The predicted octanol–water partition coefficient (Wildman–Crippen LogP) is 0.398. The molecule has 2 nitrogen and oxygen atoms in total. The lowest BCUT2D eigenvalue weighted by Crippen LogP contribution is -2.30. The number of hydrogen-bond donors (Lipinski definition) is 1. The lowest BCUT2D eigenvalue weighted by atomic mass is 9.90. The molecule has 2 rings (SSSR count). The van der Waals surface area contributed by atoms with Gasteiger partial charge in [0.15, 0.2) is 0 Å². The fourth-order valence-electron chi connectivity index (χ4n) is 1.72. The van der Waals surface area contributed by atoms with Gasteiger partial charge in [0.2, 0.25) is 0 Å². The highest BCUT2D eigenvalue weighted by Crippen LogP contribution is 2.18. The summed E-state index contributed by atoms with van der Waals surface area (Å²) < 4.78 is 0. The number of rotatable bonds is 0. The quantitative estimate of drug-likeness (QED) is 0.587. The van der Waals surface area contributed by atoms with Gasteiger partial charge in [-0.3, -0.25) is 4.98 Å². The Balaban J connectivity index is 2.43. The predicted molar refractivity (Wildman–Crippen MR) is 53.6 cm³/mol. The fraction of sp³-hybridized carbons (Fsp3) is 0.444. The highest BCUT2D eigenvalue weighted by Gasteiger charge is 2.16. The fourth-order valence-corrected chi connectivity index (χ4v) is 2.11. The van der Waals surface area contributed by atoms with E-state index in [0.29, 0.717) is 6.04 Å². The highest BCUT2D eigenvalue weighted by atomic mass is 31.0. The topological polar surface area (TPSA) is 38.9 Å². The number of fused-ring (bicyclic) bond motifs is 1. The van der Waals surface area contributed by atoms with Gasteiger partial charge in [-0.2, -0.15) is 0 Å². The van der Waals surface area contributed by atoms with Crippen LogP contribution in [-0.4, -0.2) is 11.0 Å². The molecule has 2 N–H and O–H groups in total. The Morgan fingerprint density at radius 3 is 3.17 bits per heavy atom. The summed E-state index contributed by atoms with van der Waals surface area (Å²) in [5.74, 6) is 0. The third kappa shape index (κ3) is 1.37. The number of pyridine rings is 1. The minimum Gasteiger partial charge on any atom is -0.327 e. The molecule has 3 heteroatoms. The van der Waals surface area contributed by atoms with Crippen molar-refractivity contribution in [3.63, 3.8) is 0 Å². The van der Waals surface area contributed by atoms with Gasteiger partial charge in [0, 0.05) is 18.4 Å². The maximum atomic E-state index is 5.89. The summed E-state index contributed by atoms with van der Waals surface area (Å²) >= 11 is 0. The van der Waals surface area contributed by atoms with E-state index >= 15 is 0 Å². The second-order valence-corrected chi connectivity index (χ2v) is 3.99. The summed E-state index contributed by atoms with van der Waals surface area (Å²) in [7, 11) is 2.73. The van der Waals surface area contributed by atoms with Crippen molar-refractivity contribution in [2.24, 2.45) is 5.73 Å². The van der Waals surface area contributed by atoms with E-state index in [4.69, 9.17) is 5.73 Å². The number of hydrogen-bond acceptors (Lipinski definition) is 2. The first-order valence-electron chi connectivity index (χ1n) is 4.24. The molecule has 2 atom stereocenters. The molecule has 0 spiro atoms. The third-order valence-corrected chi connectivity index (χ3v) is 2.93. The standard InChI is InChI=1S/C9H13N2P/c10-7-2-1-6-4-11-5-9(12)8(6)3-7/h4-5,7H,1-3,10,12H2.